The second-order valence-corrected chi connectivity index (χ2v) is 10.1. The molecular weight excluding hydrogens is 553 g/mol. The molecule has 0 spiro atoms. The van der Waals surface area contributed by atoms with Gasteiger partial charge in [-0.1, -0.05) is 47.2 Å². The number of esters is 1. The zero-order valence-corrected chi connectivity index (χ0v) is 22.2. The quantitative estimate of drug-likeness (QED) is 0.286. The summed E-state index contributed by atoms with van der Waals surface area (Å²) in [6.07, 6.45) is -2.98. The third-order valence-electron chi connectivity index (χ3n) is 6.08. The summed E-state index contributed by atoms with van der Waals surface area (Å²) in [6, 6.07) is 13.9. The predicted octanol–water partition coefficient (Wildman–Crippen LogP) is 5.73. The summed E-state index contributed by atoms with van der Waals surface area (Å²) in [6.45, 7) is 3.53. The van der Waals surface area contributed by atoms with Gasteiger partial charge in [0.05, 0.1) is 34.0 Å². The SMILES string of the molecule is CCOC(=O)C1=C(C)N=c2s/c(=C/c3ccc(-c4cccc(C(F)(F)F)c4)o3)c(=O)n2C1c1ccc(Cl)cc1. The van der Waals surface area contributed by atoms with Crippen molar-refractivity contribution in [2.24, 2.45) is 4.99 Å². The third kappa shape index (κ3) is 5.22. The van der Waals surface area contributed by atoms with Crippen molar-refractivity contribution in [2.45, 2.75) is 26.1 Å². The van der Waals surface area contributed by atoms with Gasteiger partial charge in [-0.05, 0) is 55.8 Å². The lowest BCUT2D eigenvalue weighted by atomic mass is 9.96. The standard InChI is InChI=1S/C28H20ClF3N2O4S/c1-3-37-26(36)23-15(2)33-27-34(24(23)16-7-9-19(29)10-8-16)25(35)22(39-27)14-20-11-12-21(38-20)17-5-4-6-18(13-17)28(30,31)32/h4-14,24H,3H2,1-2H3/b22-14+. The first-order valence-electron chi connectivity index (χ1n) is 11.8. The highest BCUT2D eigenvalue weighted by molar-refractivity contribution is 7.07. The number of furan rings is 1. The normalized spacial score (nSPS) is 15.7. The van der Waals surface area contributed by atoms with Crippen LogP contribution in [0, 0.1) is 0 Å². The molecule has 200 valence electrons. The lowest BCUT2D eigenvalue weighted by Gasteiger charge is -2.24. The fraction of sp³-hybridized carbons (Fsp3) is 0.179. The van der Waals surface area contributed by atoms with Gasteiger partial charge in [-0.15, -0.1) is 0 Å². The van der Waals surface area contributed by atoms with E-state index in [-0.39, 0.29) is 33.8 Å². The van der Waals surface area contributed by atoms with Gasteiger partial charge in [0.2, 0.25) is 0 Å². The molecule has 1 aliphatic rings. The number of rotatable bonds is 5. The summed E-state index contributed by atoms with van der Waals surface area (Å²) in [5.74, 6) is -0.0820. The van der Waals surface area contributed by atoms with Crippen LogP contribution in [-0.2, 0) is 15.7 Å². The molecule has 11 heteroatoms. The smallest absolute Gasteiger partial charge is 0.416 e. The Hall–Kier alpha value is -3.89. The summed E-state index contributed by atoms with van der Waals surface area (Å²) in [7, 11) is 0. The van der Waals surface area contributed by atoms with E-state index in [1.54, 1.807) is 44.2 Å². The Morgan fingerprint density at radius 1 is 1.18 bits per heavy atom. The third-order valence-corrected chi connectivity index (χ3v) is 7.31. The minimum atomic E-state index is -4.49. The van der Waals surface area contributed by atoms with Gasteiger partial charge in [-0.25, -0.2) is 9.79 Å². The summed E-state index contributed by atoms with van der Waals surface area (Å²) in [5.41, 5.74) is 0.359. The highest BCUT2D eigenvalue weighted by Gasteiger charge is 2.33. The molecule has 0 amide bonds. The van der Waals surface area contributed by atoms with E-state index < -0.39 is 29.3 Å². The molecule has 2 aromatic heterocycles. The molecule has 0 radical (unpaired) electrons. The summed E-state index contributed by atoms with van der Waals surface area (Å²) in [5, 5.41) is 0.499. The maximum Gasteiger partial charge on any atom is 0.416 e. The van der Waals surface area contributed by atoms with E-state index >= 15 is 0 Å². The van der Waals surface area contributed by atoms with E-state index in [9.17, 15) is 22.8 Å². The van der Waals surface area contributed by atoms with Crippen LogP contribution in [0.2, 0.25) is 5.02 Å². The predicted molar refractivity (Wildman–Crippen MR) is 141 cm³/mol. The minimum absolute atomic E-state index is 0.153. The van der Waals surface area contributed by atoms with Gasteiger partial charge in [-0.3, -0.25) is 9.36 Å². The molecule has 1 unspecified atom stereocenters. The van der Waals surface area contributed by atoms with Crippen molar-refractivity contribution in [3.05, 3.63) is 114 Å². The van der Waals surface area contributed by atoms with Gasteiger partial charge in [0.1, 0.15) is 11.5 Å². The number of allylic oxidation sites excluding steroid dienone is 1. The van der Waals surface area contributed by atoms with Gasteiger partial charge < -0.3 is 9.15 Å². The molecule has 1 aliphatic heterocycles. The highest BCUT2D eigenvalue weighted by atomic mass is 35.5. The van der Waals surface area contributed by atoms with Crippen molar-refractivity contribution >= 4 is 35.0 Å². The van der Waals surface area contributed by atoms with Gasteiger partial charge in [-0.2, -0.15) is 13.2 Å². The summed E-state index contributed by atoms with van der Waals surface area (Å²) in [4.78, 5) is 31.5. The summed E-state index contributed by atoms with van der Waals surface area (Å²) < 4.78 is 52.1. The Morgan fingerprint density at radius 3 is 2.62 bits per heavy atom. The van der Waals surface area contributed by atoms with Crippen molar-refractivity contribution in [1.29, 1.82) is 0 Å². The zero-order valence-electron chi connectivity index (χ0n) is 20.6. The number of fused-ring (bicyclic) bond motifs is 1. The molecule has 39 heavy (non-hydrogen) atoms. The Labute approximate surface area is 228 Å². The Morgan fingerprint density at radius 2 is 1.92 bits per heavy atom. The fourth-order valence-corrected chi connectivity index (χ4v) is 5.47. The van der Waals surface area contributed by atoms with Gasteiger partial charge in [0.25, 0.3) is 5.56 Å². The molecular formula is C28H20ClF3N2O4S. The molecule has 1 atom stereocenters. The number of carbonyl (C=O) groups excluding carboxylic acids is 1. The second-order valence-electron chi connectivity index (χ2n) is 8.63. The Kier molecular flexibility index (Phi) is 7.09. The number of hydrogen-bond donors (Lipinski definition) is 0. The average molecular weight is 573 g/mol. The second kappa shape index (κ2) is 10.3. The molecule has 0 saturated heterocycles. The number of alkyl halides is 3. The first kappa shape index (κ1) is 26.7. The van der Waals surface area contributed by atoms with Crippen LogP contribution in [0.4, 0.5) is 13.2 Å². The maximum atomic E-state index is 13.6. The van der Waals surface area contributed by atoms with Crippen molar-refractivity contribution in [2.75, 3.05) is 6.61 Å². The van der Waals surface area contributed by atoms with E-state index in [0.29, 0.717) is 21.1 Å². The average Bonchev–Trinajstić information content (AvgIpc) is 3.48. The number of thiazole rings is 1. The van der Waals surface area contributed by atoms with Crippen LogP contribution < -0.4 is 14.9 Å². The van der Waals surface area contributed by atoms with Crippen LogP contribution in [0.25, 0.3) is 17.4 Å². The van der Waals surface area contributed by atoms with Crippen LogP contribution in [0.15, 0.2) is 86.1 Å². The van der Waals surface area contributed by atoms with Crippen LogP contribution in [-0.4, -0.2) is 17.1 Å². The first-order valence-corrected chi connectivity index (χ1v) is 13.0. The fourth-order valence-electron chi connectivity index (χ4n) is 4.32. The molecule has 0 fully saturated rings. The first-order chi connectivity index (χ1) is 18.6. The van der Waals surface area contributed by atoms with E-state index in [4.69, 9.17) is 20.8 Å². The largest absolute Gasteiger partial charge is 0.463 e. The number of carbonyl (C=O) groups is 1. The van der Waals surface area contributed by atoms with E-state index in [2.05, 4.69) is 4.99 Å². The molecule has 3 heterocycles. The van der Waals surface area contributed by atoms with Crippen molar-refractivity contribution in [3.8, 4) is 11.3 Å². The number of benzene rings is 2. The van der Waals surface area contributed by atoms with Crippen molar-refractivity contribution in [1.82, 2.24) is 4.57 Å². The number of ether oxygens (including phenoxy) is 1. The van der Waals surface area contributed by atoms with E-state index in [1.807, 2.05) is 0 Å². The highest BCUT2D eigenvalue weighted by Crippen LogP contribution is 2.33. The van der Waals surface area contributed by atoms with Gasteiger partial charge >= 0.3 is 12.1 Å². The molecule has 6 nitrogen and oxygen atoms in total. The lowest BCUT2D eigenvalue weighted by molar-refractivity contribution is -0.139. The monoisotopic (exact) mass is 572 g/mol. The molecule has 0 N–H and O–H groups in total. The van der Waals surface area contributed by atoms with Crippen molar-refractivity contribution in [3.63, 3.8) is 0 Å². The number of hydrogen-bond acceptors (Lipinski definition) is 6. The minimum Gasteiger partial charge on any atom is -0.463 e. The molecule has 0 bridgehead atoms. The molecule has 5 rings (SSSR count). The molecule has 4 aromatic rings. The van der Waals surface area contributed by atoms with E-state index in [0.717, 1.165) is 23.5 Å². The molecule has 0 aliphatic carbocycles. The number of aromatic nitrogens is 1. The maximum absolute atomic E-state index is 13.6. The topological polar surface area (TPSA) is 73.8 Å². The lowest BCUT2D eigenvalue weighted by Crippen LogP contribution is -2.39. The van der Waals surface area contributed by atoms with Crippen LogP contribution in [0.5, 0.6) is 0 Å². The summed E-state index contributed by atoms with van der Waals surface area (Å²) >= 11 is 7.18. The van der Waals surface area contributed by atoms with Crippen LogP contribution in [0.3, 0.4) is 0 Å². The van der Waals surface area contributed by atoms with Gasteiger partial charge in [0, 0.05) is 16.7 Å². The van der Waals surface area contributed by atoms with E-state index in [1.165, 1.54) is 28.8 Å². The zero-order chi connectivity index (χ0) is 27.9. The Bertz CT molecular complexity index is 1780. The number of nitrogens with zero attached hydrogens (tertiary/aromatic N) is 2. The Balaban J connectivity index is 1.60. The number of halogens is 4. The molecule has 0 saturated carbocycles. The van der Waals surface area contributed by atoms with Crippen molar-refractivity contribution < 1.29 is 27.1 Å². The van der Waals surface area contributed by atoms with Gasteiger partial charge in [0.15, 0.2) is 4.80 Å². The van der Waals surface area contributed by atoms with Crippen LogP contribution >= 0.6 is 22.9 Å². The van der Waals surface area contributed by atoms with Crippen LogP contribution in [0.1, 0.15) is 36.8 Å². The molecule has 2 aromatic carbocycles.